The van der Waals surface area contributed by atoms with Gasteiger partial charge in [0.2, 0.25) is 5.91 Å². The van der Waals surface area contributed by atoms with Crippen LogP contribution >= 0.6 is 0 Å². The van der Waals surface area contributed by atoms with Gasteiger partial charge in [0.15, 0.2) is 0 Å². The fraction of sp³-hybridized carbons (Fsp3) is 0.467. The highest BCUT2D eigenvalue weighted by Gasteiger charge is 2.28. The minimum Gasteiger partial charge on any atom is -0.356 e. The molecule has 0 unspecified atom stereocenters. The first-order chi connectivity index (χ1) is 9.61. The second-order valence-corrected chi connectivity index (χ2v) is 4.99. The molecule has 1 N–H and O–H groups in total. The van der Waals surface area contributed by atoms with Crippen molar-refractivity contribution < 1.29 is 14.0 Å². The van der Waals surface area contributed by atoms with E-state index in [0.29, 0.717) is 25.2 Å². The van der Waals surface area contributed by atoms with E-state index in [2.05, 4.69) is 5.32 Å². The van der Waals surface area contributed by atoms with Crippen LogP contribution in [0.5, 0.6) is 0 Å². The van der Waals surface area contributed by atoms with Gasteiger partial charge < -0.3 is 10.2 Å². The van der Waals surface area contributed by atoms with E-state index in [4.69, 9.17) is 0 Å². The number of likely N-dealkylation sites (tertiary alicyclic amines) is 1. The molecule has 1 atom stereocenters. The molecule has 1 aromatic rings. The molecule has 1 aromatic carbocycles. The third kappa shape index (κ3) is 3.35. The molecule has 2 amide bonds. The van der Waals surface area contributed by atoms with Gasteiger partial charge in [-0.05, 0) is 44.0 Å². The molecule has 0 saturated carbocycles. The summed E-state index contributed by atoms with van der Waals surface area (Å²) in [6.45, 7) is 3.55. The third-order valence-electron chi connectivity index (χ3n) is 3.52. The molecule has 0 spiro atoms. The minimum atomic E-state index is -0.361. The quantitative estimate of drug-likeness (QED) is 0.916. The summed E-state index contributed by atoms with van der Waals surface area (Å²) in [5, 5.41) is 2.80. The number of carbonyl (C=O) groups excluding carboxylic acids is 2. The minimum absolute atomic E-state index is 0.00380. The van der Waals surface area contributed by atoms with Gasteiger partial charge in [-0.15, -0.1) is 0 Å². The van der Waals surface area contributed by atoms with Crippen LogP contribution in [0.3, 0.4) is 0 Å². The predicted octanol–water partition coefficient (Wildman–Crippen LogP) is 1.81. The van der Waals surface area contributed by atoms with Crippen LogP contribution < -0.4 is 5.32 Å². The summed E-state index contributed by atoms with van der Waals surface area (Å²) in [4.78, 5) is 25.8. The zero-order chi connectivity index (χ0) is 14.5. The number of piperidine rings is 1. The number of benzene rings is 1. The van der Waals surface area contributed by atoms with E-state index in [9.17, 15) is 14.0 Å². The molecule has 0 radical (unpaired) electrons. The molecule has 1 heterocycles. The maximum Gasteiger partial charge on any atom is 0.253 e. The van der Waals surface area contributed by atoms with Crippen LogP contribution in [0.2, 0.25) is 0 Å². The number of nitrogens with zero attached hydrogens (tertiary/aromatic N) is 1. The zero-order valence-electron chi connectivity index (χ0n) is 11.6. The number of amides is 2. The normalized spacial score (nSPS) is 18.7. The van der Waals surface area contributed by atoms with Gasteiger partial charge in [-0.1, -0.05) is 0 Å². The Labute approximate surface area is 118 Å². The van der Waals surface area contributed by atoms with E-state index >= 15 is 0 Å². The Balaban J connectivity index is 2.03. The molecule has 2 rings (SSSR count). The number of nitrogens with one attached hydrogen (secondary N) is 1. The molecule has 0 bridgehead atoms. The Morgan fingerprint density at radius 3 is 2.70 bits per heavy atom. The summed E-state index contributed by atoms with van der Waals surface area (Å²) in [5.41, 5.74) is 0.461. The maximum atomic E-state index is 12.9. The molecule has 1 aliphatic rings. The topological polar surface area (TPSA) is 49.4 Å². The van der Waals surface area contributed by atoms with Crippen molar-refractivity contribution in [1.82, 2.24) is 10.2 Å². The van der Waals surface area contributed by atoms with Crippen LogP contribution in [-0.2, 0) is 4.79 Å². The van der Waals surface area contributed by atoms with Gasteiger partial charge in [0.05, 0.1) is 5.92 Å². The fourth-order valence-electron chi connectivity index (χ4n) is 2.47. The lowest BCUT2D eigenvalue weighted by atomic mass is 9.96. The van der Waals surface area contributed by atoms with E-state index < -0.39 is 0 Å². The van der Waals surface area contributed by atoms with Crippen molar-refractivity contribution in [3.05, 3.63) is 35.6 Å². The summed E-state index contributed by atoms with van der Waals surface area (Å²) in [6.07, 6.45) is 1.62. The molecule has 0 aromatic heterocycles. The van der Waals surface area contributed by atoms with E-state index in [0.717, 1.165) is 12.8 Å². The van der Waals surface area contributed by atoms with Crippen molar-refractivity contribution in [1.29, 1.82) is 0 Å². The van der Waals surface area contributed by atoms with Crippen LogP contribution in [0.4, 0.5) is 4.39 Å². The number of hydrogen-bond acceptors (Lipinski definition) is 2. The number of carbonyl (C=O) groups is 2. The Hall–Kier alpha value is -1.91. The standard InChI is InChI=1S/C15H19FN2O2/c1-2-17-14(19)12-4-3-9-18(10-12)15(20)11-5-7-13(16)8-6-11/h5-8,12H,2-4,9-10H2,1H3,(H,17,19)/t12-/m1/s1. The number of rotatable bonds is 3. The Morgan fingerprint density at radius 2 is 2.05 bits per heavy atom. The Morgan fingerprint density at radius 1 is 1.35 bits per heavy atom. The zero-order valence-corrected chi connectivity index (χ0v) is 11.6. The molecular formula is C15H19FN2O2. The van der Waals surface area contributed by atoms with Gasteiger partial charge in [-0.2, -0.15) is 0 Å². The number of halogens is 1. The summed E-state index contributed by atoms with van der Waals surface area (Å²) < 4.78 is 12.9. The highest BCUT2D eigenvalue weighted by molar-refractivity contribution is 5.94. The van der Waals surface area contributed by atoms with Crippen LogP contribution in [0, 0.1) is 11.7 Å². The van der Waals surface area contributed by atoms with E-state index in [1.807, 2.05) is 6.92 Å². The molecule has 4 nitrogen and oxygen atoms in total. The molecule has 1 aliphatic heterocycles. The Kier molecular flexibility index (Phi) is 4.71. The maximum absolute atomic E-state index is 12.9. The van der Waals surface area contributed by atoms with Crippen LogP contribution in [0.25, 0.3) is 0 Å². The molecule has 1 saturated heterocycles. The predicted molar refractivity (Wildman–Crippen MR) is 73.7 cm³/mol. The summed E-state index contributed by atoms with van der Waals surface area (Å²) in [5.74, 6) is -0.642. The van der Waals surface area contributed by atoms with Gasteiger partial charge in [-0.25, -0.2) is 4.39 Å². The second kappa shape index (κ2) is 6.50. The monoisotopic (exact) mass is 278 g/mol. The lowest BCUT2D eigenvalue weighted by Crippen LogP contribution is -2.45. The molecule has 1 fully saturated rings. The van der Waals surface area contributed by atoms with Gasteiger partial charge >= 0.3 is 0 Å². The van der Waals surface area contributed by atoms with E-state index in [1.54, 1.807) is 4.90 Å². The van der Waals surface area contributed by atoms with Crippen LogP contribution in [-0.4, -0.2) is 36.3 Å². The smallest absolute Gasteiger partial charge is 0.253 e. The van der Waals surface area contributed by atoms with Crippen molar-refractivity contribution in [2.45, 2.75) is 19.8 Å². The number of hydrogen-bond donors (Lipinski definition) is 1. The first kappa shape index (κ1) is 14.5. The van der Waals surface area contributed by atoms with Crippen LogP contribution in [0.15, 0.2) is 24.3 Å². The van der Waals surface area contributed by atoms with E-state index in [1.165, 1.54) is 24.3 Å². The average Bonchev–Trinajstić information content (AvgIpc) is 2.48. The van der Waals surface area contributed by atoms with Crippen molar-refractivity contribution >= 4 is 11.8 Å². The van der Waals surface area contributed by atoms with Crippen molar-refractivity contribution in [3.63, 3.8) is 0 Å². The molecule has 5 heteroatoms. The fourth-order valence-corrected chi connectivity index (χ4v) is 2.47. The van der Waals surface area contributed by atoms with Gasteiger partial charge in [0.1, 0.15) is 5.82 Å². The molecular weight excluding hydrogens is 259 g/mol. The third-order valence-corrected chi connectivity index (χ3v) is 3.52. The molecule has 20 heavy (non-hydrogen) atoms. The largest absolute Gasteiger partial charge is 0.356 e. The van der Waals surface area contributed by atoms with Crippen LogP contribution in [0.1, 0.15) is 30.1 Å². The summed E-state index contributed by atoms with van der Waals surface area (Å²) >= 11 is 0. The molecule has 108 valence electrons. The van der Waals surface area contributed by atoms with Gasteiger partial charge in [-0.3, -0.25) is 9.59 Å². The highest BCUT2D eigenvalue weighted by Crippen LogP contribution is 2.19. The lowest BCUT2D eigenvalue weighted by Gasteiger charge is -2.32. The SMILES string of the molecule is CCNC(=O)[C@@H]1CCCN(C(=O)c2ccc(F)cc2)C1. The summed E-state index contributed by atoms with van der Waals surface area (Å²) in [7, 11) is 0. The van der Waals surface area contributed by atoms with Gasteiger partial charge in [0, 0.05) is 25.2 Å². The Bertz CT molecular complexity index is 487. The van der Waals surface area contributed by atoms with Gasteiger partial charge in [0.25, 0.3) is 5.91 Å². The van der Waals surface area contributed by atoms with Crippen molar-refractivity contribution in [3.8, 4) is 0 Å². The van der Waals surface area contributed by atoms with Crippen molar-refractivity contribution in [2.75, 3.05) is 19.6 Å². The average molecular weight is 278 g/mol. The highest BCUT2D eigenvalue weighted by atomic mass is 19.1. The van der Waals surface area contributed by atoms with Crippen molar-refractivity contribution in [2.24, 2.45) is 5.92 Å². The summed E-state index contributed by atoms with van der Waals surface area (Å²) in [6, 6.07) is 5.51. The molecule has 0 aliphatic carbocycles. The van der Waals surface area contributed by atoms with E-state index in [-0.39, 0.29) is 23.5 Å². The first-order valence-electron chi connectivity index (χ1n) is 6.94. The first-order valence-corrected chi connectivity index (χ1v) is 6.94. The lowest BCUT2D eigenvalue weighted by molar-refractivity contribution is -0.126. The second-order valence-electron chi connectivity index (χ2n) is 4.99.